The minimum atomic E-state index is -4.27. The van der Waals surface area contributed by atoms with E-state index in [1.54, 1.807) is 25.3 Å². The van der Waals surface area contributed by atoms with Crippen LogP contribution in [-0.2, 0) is 20.5 Å². The maximum Gasteiger partial charge on any atom is 0.498 e. The zero-order chi connectivity index (χ0) is 22.3. The molecule has 30 heavy (non-hydrogen) atoms. The van der Waals surface area contributed by atoms with Gasteiger partial charge in [-0.1, -0.05) is 12.1 Å². The Hall–Kier alpha value is -1.74. The van der Waals surface area contributed by atoms with Crippen LogP contribution in [0, 0.1) is 5.92 Å². The zero-order valence-corrected chi connectivity index (χ0v) is 18.1. The first-order valence-electron chi connectivity index (χ1n) is 10.2. The summed E-state index contributed by atoms with van der Waals surface area (Å²) < 4.78 is 56.8. The van der Waals surface area contributed by atoms with Crippen LogP contribution in [0.25, 0.3) is 0 Å². The van der Waals surface area contributed by atoms with Crippen molar-refractivity contribution in [3.63, 3.8) is 0 Å². The molecular formula is C21H29BF3NO4. The molecule has 3 rings (SSSR count). The van der Waals surface area contributed by atoms with Gasteiger partial charge in [-0.15, -0.1) is 0 Å². The Balaban J connectivity index is 1.76. The monoisotopic (exact) mass is 427 g/mol. The fraction of sp³-hybridized carbons (Fsp3) is 0.667. The molecule has 0 aliphatic carbocycles. The van der Waals surface area contributed by atoms with Crippen molar-refractivity contribution in [1.29, 1.82) is 0 Å². The van der Waals surface area contributed by atoms with Gasteiger partial charge in [0.1, 0.15) is 5.75 Å². The van der Waals surface area contributed by atoms with E-state index in [0.29, 0.717) is 29.7 Å². The van der Waals surface area contributed by atoms with Gasteiger partial charge in [-0.25, -0.2) is 0 Å². The van der Waals surface area contributed by atoms with Crippen molar-refractivity contribution in [2.75, 3.05) is 20.2 Å². The van der Waals surface area contributed by atoms with Gasteiger partial charge in [0, 0.05) is 18.6 Å². The van der Waals surface area contributed by atoms with E-state index in [1.807, 2.05) is 27.7 Å². The second-order valence-electron chi connectivity index (χ2n) is 9.06. The van der Waals surface area contributed by atoms with Crippen molar-refractivity contribution in [3.8, 4) is 5.75 Å². The molecule has 2 aliphatic heterocycles. The van der Waals surface area contributed by atoms with Gasteiger partial charge < -0.3 is 18.9 Å². The maximum atomic E-state index is 13.1. The Morgan fingerprint density at radius 2 is 1.87 bits per heavy atom. The molecule has 2 aliphatic rings. The van der Waals surface area contributed by atoms with Gasteiger partial charge in [-0.05, 0) is 52.2 Å². The number of benzene rings is 1. The van der Waals surface area contributed by atoms with Gasteiger partial charge in [0.2, 0.25) is 5.91 Å². The second kappa shape index (κ2) is 8.07. The molecule has 0 saturated carbocycles. The van der Waals surface area contributed by atoms with Crippen molar-refractivity contribution < 1.29 is 32.0 Å². The number of amides is 1. The number of hydrogen-bond acceptors (Lipinski definition) is 4. The molecule has 2 fully saturated rings. The van der Waals surface area contributed by atoms with Crippen LogP contribution >= 0.6 is 0 Å². The van der Waals surface area contributed by atoms with E-state index in [-0.39, 0.29) is 25.3 Å². The van der Waals surface area contributed by atoms with E-state index in [0.717, 1.165) is 0 Å². The molecule has 0 radical (unpaired) electrons. The molecule has 1 atom stereocenters. The first-order chi connectivity index (χ1) is 13.8. The number of carbonyl (C=O) groups is 1. The number of piperidine rings is 1. The number of likely N-dealkylation sites (tertiary alicyclic amines) is 1. The summed E-state index contributed by atoms with van der Waals surface area (Å²) in [7, 11) is 0.879. The number of alkyl halides is 3. The van der Waals surface area contributed by atoms with Crippen LogP contribution in [0.3, 0.4) is 0 Å². The predicted octanol–water partition coefficient (Wildman–Crippen LogP) is 3.34. The minimum Gasteiger partial charge on any atom is -0.497 e. The molecule has 1 aromatic carbocycles. The van der Waals surface area contributed by atoms with Crippen molar-refractivity contribution in [3.05, 3.63) is 23.8 Å². The highest BCUT2D eigenvalue weighted by molar-refractivity contribution is 6.63. The first kappa shape index (κ1) is 22.9. The lowest BCUT2D eigenvalue weighted by Gasteiger charge is -2.33. The first-order valence-corrected chi connectivity index (χ1v) is 10.2. The molecule has 1 amide bonds. The molecule has 0 bridgehead atoms. The lowest BCUT2D eigenvalue weighted by molar-refractivity contribution is -0.187. The topological polar surface area (TPSA) is 48.0 Å². The number of methoxy groups -OCH3 is 1. The Labute approximate surface area is 176 Å². The molecule has 0 aromatic heterocycles. The summed E-state index contributed by atoms with van der Waals surface area (Å²) in [4.78, 5) is 14.0. The molecule has 1 aromatic rings. The molecular weight excluding hydrogens is 398 g/mol. The SMILES string of the molecule is COc1ccc(CC(=O)N2CCCC(C(F)(F)F)C2)cc1B1OC(C)(C)C(C)(C)O1. The summed E-state index contributed by atoms with van der Waals surface area (Å²) in [6.07, 6.45) is -3.83. The Bertz CT molecular complexity index is 781. The highest BCUT2D eigenvalue weighted by atomic mass is 19.4. The lowest BCUT2D eigenvalue weighted by atomic mass is 9.77. The van der Waals surface area contributed by atoms with Crippen LogP contribution in [0.1, 0.15) is 46.1 Å². The van der Waals surface area contributed by atoms with Gasteiger partial charge in [-0.3, -0.25) is 4.79 Å². The van der Waals surface area contributed by atoms with Crippen LogP contribution in [0.15, 0.2) is 18.2 Å². The van der Waals surface area contributed by atoms with E-state index in [1.165, 1.54) is 4.90 Å². The third-order valence-electron chi connectivity index (χ3n) is 6.39. The third-order valence-corrected chi connectivity index (χ3v) is 6.39. The summed E-state index contributed by atoms with van der Waals surface area (Å²) in [6.45, 7) is 7.86. The molecule has 0 spiro atoms. The quantitative estimate of drug-likeness (QED) is 0.692. The molecule has 9 heteroatoms. The van der Waals surface area contributed by atoms with Gasteiger partial charge >= 0.3 is 13.3 Å². The smallest absolute Gasteiger partial charge is 0.497 e. The average molecular weight is 427 g/mol. The normalized spacial score (nSPS) is 23.5. The zero-order valence-electron chi connectivity index (χ0n) is 18.1. The summed E-state index contributed by atoms with van der Waals surface area (Å²) in [5.41, 5.74) is 0.275. The fourth-order valence-corrected chi connectivity index (χ4v) is 3.81. The second-order valence-corrected chi connectivity index (χ2v) is 9.06. The van der Waals surface area contributed by atoms with Crippen LogP contribution in [0.2, 0.25) is 0 Å². The molecule has 1 unspecified atom stereocenters. The molecule has 2 saturated heterocycles. The van der Waals surface area contributed by atoms with Gasteiger partial charge in [0.25, 0.3) is 0 Å². The maximum absolute atomic E-state index is 13.1. The molecule has 5 nitrogen and oxygen atoms in total. The summed E-state index contributed by atoms with van der Waals surface area (Å²) >= 11 is 0. The number of nitrogens with zero attached hydrogens (tertiary/aromatic N) is 1. The Morgan fingerprint density at radius 3 is 2.43 bits per heavy atom. The molecule has 2 heterocycles. The van der Waals surface area contributed by atoms with Crippen LogP contribution in [0.5, 0.6) is 5.75 Å². The van der Waals surface area contributed by atoms with Crippen LogP contribution < -0.4 is 10.2 Å². The van der Waals surface area contributed by atoms with Crippen molar-refractivity contribution in [1.82, 2.24) is 4.90 Å². The van der Waals surface area contributed by atoms with E-state index in [2.05, 4.69) is 0 Å². The Morgan fingerprint density at radius 1 is 1.23 bits per heavy atom. The largest absolute Gasteiger partial charge is 0.498 e. The van der Waals surface area contributed by atoms with Gasteiger partial charge in [0.05, 0.1) is 30.7 Å². The summed E-state index contributed by atoms with van der Waals surface area (Å²) in [5, 5.41) is 0. The highest BCUT2D eigenvalue weighted by Crippen LogP contribution is 2.37. The minimum absolute atomic E-state index is 0.0150. The van der Waals surface area contributed by atoms with E-state index in [4.69, 9.17) is 14.0 Å². The van der Waals surface area contributed by atoms with E-state index in [9.17, 15) is 18.0 Å². The summed E-state index contributed by atoms with van der Waals surface area (Å²) in [5.74, 6) is -1.19. The van der Waals surface area contributed by atoms with Gasteiger partial charge in [0.15, 0.2) is 0 Å². The number of hydrogen-bond donors (Lipinski definition) is 0. The summed E-state index contributed by atoms with van der Waals surface area (Å²) in [6, 6.07) is 5.26. The number of ether oxygens (including phenoxy) is 1. The number of rotatable bonds is 4. The standard InChI is InChI=1S/C21H29BF3NO4/c1-19(2)20(3,4)30-22(29-19)16-11-14(8-9-17(16)28-5)12-18(27)26-10-6-7-15(13-26)21(23,24)25/h8-9,11,15H,6-7,10,12-13H2,1-5H3. The van der Waals surface area contributed by atoms with Crippen molar-refractivity contribution in [2.45, 2.75) is 64.3 Å². The number of carbonyl (C=O) groups excluding carboxylic acids is 1. The van der Waals surface area contributed by atoms with E-state index >= 15 is 0 Å². The van der Waals surface area contributed by atoms with Crippen molar-refractivity contribution in [2.24, 2.45) is 5.92 Å². The van der Waals surface area contributed by atoms with Crippen LogP contribution in [-0.4, -0.2) is 55.5 Å². The predicted molar refractivity (Wildman–Crippen MR) is 108 cm³/mol. The molecule has 166 valence electrons. The number of halogens is 3. The lowest BCUT2D eigenvalue weighted by Crippen LogP contribution is -2.45. The molecule has 0 N–H and O–H groups in total. The third kappa shape index (κ3) is 4.62. The average Bonchev–Trinajstić information content (AvgIpc) is 2.88. The fourth-order valence-electron chi connectivity index (χ4n) is 3.81. The highest BCUT2D eigenvalue weighted by Gasteiger charge is 2.52. The van der Waals surface area contributed by atoms with E-state index < -0.39 is 30.4 Å². The van der Waals surface area contributed by atoms with Crippen LogP contribution in [0.4, 0.5) is 13.2 Å². The van der Waals surface area contributed by atoms with Gasteiger partial charge in [-0.2, -0.15) is 13.2 Å². The van der Waals surface area contributed by atoms with Crippen molar-refractivity contribution >= 4 is 18.5 Å². The Kier molecular flexibility index (Phi) is 6.17.